The van der Waals surface area contributed by atoms with E-state index in [0.717, 1.165) is 24.5 Å². The zero-order valence-corrected chi connectivity index (χ0v) is 9.72. The fourth-order valence-corrected chi connectivity index (χ4v) is 1.34. The van der Waals surface area contributed by atoms with E-state index in [9.17, 15) is 0 Å². The molecule has 2 aromatic heterocycles. The normalized spacial score (nSPS) is 9.94. The summed E-state index contributed by atoms with van der Waals surface area (Å²) in [4.78, 5) is 12.5. The van der Waals surface area contributed by atoms with Crippen LogP contribution in [0.25, 0.3) is 0 Å². The number of aromatic nitrogens is 3. The Morgan fingerprint density at radius 2 is 2.18 bits per heavy atom. The molecule has 0 fully saturated rings. The molecule has 0 aromatic carbocycles. The Kier molecular flexibility index (Phi) is 3.85. The first-order valence-electron chi connectivity index (χ1n) is 5.62. The maximum atomic E-state index is 4.34. The van der Waals surface area contributed by atoms with E-state index in [4.69, 9.17) is 0 Å². The van der Waals surface area contributed by atoms with E-state index in [0.29, 0.717) is 5.95 Å². The summed E-state index contributed by atoms with van der Waals surface area (Å²) in [7, 11) is 0. The van der Waals surface area contributed by atoms with E-state index in [2.05, 4.69) is 32.5 Å². The second-order valence-electron chi connectivity index (χ2n) is 3.56. The Labute approximate surface area is 100 Å². The molecule has 0 bridgehead atoms. The van der Waals surface area contributed by atoms with Gasteiger partial charge in [0.2, 0.25) is 5.95 Å². The highest BCUT2D eigenvalue weighted by atomic mass is 15.1. The number of nitrogens with one attached hydrogen (secondary N) is 2. The van der Waals surface area contributed by atoms with E-state index < -0.39 is 0 Å². The predicted octanol–water partition coefficient (Wildman–Crippen LogP) is 2.44. The third-order valence-corrected chi connectivity index (χ3v) is 2.13. The molecule has 5 nitrogen and oxygen atoms in total. The van der Waals surface area contributed by atoms with Gasteiger partial charge in [-0.05, 0) is 24.6 Å². The van der Waals surface area contributed by atoms with E-state index in [1.807, 2.05) is 18.2 Å². The molecule has 0 saturated heterocycles. The van der Waals surface area contributed by atoms with Gasteiger partial charge in [0.15, 0.2) is 0 Å². The zero-order chi connectivity index (χ0) is 11.9. The van der Waals surface area contributed by atoms with Gasteiger partial charge in [0.25, 0.3) is 0 Å². The van der Waals surface area contributed by atoms with Crippen molar-refractivity contribution in [3.63, 3.8) is 0 Å². The van der Waals surface area contributed by atoms with Crippen molar-refractivity contribution in [3.05, 3.63) is 36.8 Å². The molecule has 0 spiro atoms. The summed E-state index contributed by atoms with van der Waals surface area (Å²) >= 11 is 0. The SMILES string of the molecule is CCCNc1ccnc(Nc2cccnc2)n1. The van der Waals surface area contributed by atoms with Gasteiger partial charge >= 0.3 is 0 Å². The van der Waals surface area contributed by atoms with Gasteiger partial charge in [-0.1, -0.05) is 6.92 Å². The van der Waals surface area contributed by atoms with Crippen LogP contribution >= 0.6 is 0 Å². The smallest absolute Gasteiger partial charge is 0.229 e. The zero-order valence-electron chi connectivity index (χ0n) is 9.72. The highest BCUT2D eigenvalue weighted by Crippen LogP contribution is 2.12. The van der Waals surface area contributed by atoms with Crippen LogP contribution < -0.4 is 10.6 Å². The largest absolute Gasteiger partial charge is 0.370 e. The first-order valence-corrected chi connectivity index (χ1v) is 5.62. The van der Waals surface area contributed by atoms with E-state index in [1.54, 1.807) is 18.6 Å². The Morgan fingerprint density at radius 1 is 1.24 bits per heavy atom. The fraction of sp³-hybridized carbons (Fsp3) is 0.250. The van der Waals surface area contributed by atoms with Crippen molar-refractivity contribution in [3.8, 4) is 0 Å². The van der Waals surface area contributed by atoms with Crippen LogP contribution in [0.3, 0.4) is 0 Å². The minimum atomic E-state index is 0.569. The maximum absolute atomic E-state index is 4.34. The lowest BCUT2D eigenvalue weighted by molar-refractivity contribution is 0.966. The van der Waals surface area contributed by atoms with E-state index >= 15 is 0 Å². The molecule has 0 amide bonds. The maximum Gasteiger partial charge on any atom is 0.229 e. The van der Waals surface area contributed by atoms with Crippen LogP contribution in [0.5, 0.6) is 0 Å². The number of nitrogens with zero attached hydrogens (tertiary/aromatic N) is 3. The molecule has 17 heavy (non-hydrogen) atoms. The van der Waals surface area contributed by atoms with Crippen molar-refractivity contribution in [1.29, 1.82) is 0 Å². The topological polar surface area (TPSA) is 62.7 Å². The van der Waals surface area contributed by atoms with Gasteiger partial charge in [-0.2, -0.15) is 4.98 Å². The highest BCUT2D eigenvalue weighted by molar-refractivity contribution is 5.52. The molecule has 0 aliphatic heterocycles. The molecule has 0 atom stereocenters. The molecular weight excluding hydrogens is 214 g/mol. The predicted molar refractivity (Wildman–Crippen MR) is 68.3 cm³/mol. The molecule has 0 unspecified atom stereocenters. The Bertz CT molecular complexity index is 457. The van der Waals surface area contributed by atoms with Crippen LogP contribution in [0.2, 0.25) is 0 Å². The van der Waals surface area contributed by atoms with Gasteiger partial charge in [-0.25, -0.2) is 4.98 Å². The number of hydrogen-bond acceptors (Lipinski definition) is 5. The van der Waals surface area contributed by atoms with Crippen molar-refractivity contribution in [2.45, 2.75) is 13.3 Å². The molecule has 0 aliphatic rings. The summed E-state index contributed by atoms with van der Waals surface area (Å²) in [5.41, 5.74) is 0.875. The quantitative estimate of drug-likeness (QED) is 0.824. The average Bonchev–Trinajstić information content (AvgIpc) is 2.38. The fourth-order valence-electron chi connectivity index (χ4n) is 1.34. The van der Waals surface area contributed by atoms with Crippen molar-refractivity contribution in [1.82, 2.24) is 15.0 Å². The average molecular weight is 229 g/mol. The summed E-state index contributed by atoms with van der Waals surface area (Å²) in [6, 6.07) is 5.63. The lowest BCUT2D eigenvalue weighted by Gasteiger charge is -2.07. The molecule has 2 aromatic rings. The molecule has 88 valence electrons. The summed E-state index contributed by atoms with van der Waals surface area (Å²) in [5.74, 6) is 1.40. The van der Waals surface area contributed by atoms with Crippen LogP contribution in [0.4, 0.5) is 17.5 Å². The number of rotatable bonds is 5. The number of pyridine rings is 1. The molecule has 2 rings (SSSR count). The lowest BCUT2D eigenvalue weighted by atomic mass is 10.4. The van der Waals surface area contributed by atoms with Crippen molar-refractivity contribution >= 4 is 17.5 Å². The van der Waals surface area contributed by atoms with Crippen molar-refractivity contribution in [2.24, 2.45) is 0 Å². The van der Waals surface area contributed by atoms with Gasteiger partial charge in [-0.3, -0.25) is 4.98 Å². The van der Waals surface area contributed by atoms with Gasteiger partial charge < -0.3 is 10.6 Å². The molecule has 5 heteroatoms. The van der Waals surface area contributed by atoms with Crippen molar-refractivity contribution in [2.75, 3.05) is 17.2 Å². The van der Waals surface area contributed by atoms with Crippen LogP contribution in [0.1, 0.15) is 13.3 Å². The summed E-state index contributed by atoms with van der Waals surface area (Å²) in [6.45, 7) is 3.02. The monoisotopic (exact) mass is 229 g/mol. The minimum Gasteiger partial charge on any atom is -0.370 e. The third-order valence-electron chi connectivity index (χ3n) is 2.13. The number of hydrogen-bond donors (Lipinski definition) is 2. The molecule has 2 heterocycles. The van der Waals surface area contributed by atoms with Crippen LogP contribution in [-0.2, 0) is 0 Å². The molecular formula is C12H15N5. The summed E-state index contributed by atoms with van der Waals surface area (Å²) < 4.78 is 0. The second-order valence-corrected chi connectivity index (χ2v) is 3.56. The van der Waals surface area contributed by atoms with Crippen LogP contribution in [0, 0.1) is 0 Å². The van der Waals surface area contributed by atoms with Gasteiger partial charge in [-0.15, -0.1) is 0 Å². The summed E-state index contributed by atoms with van der Waals surface area (Å²) in [6.07, 6.45) is 6.25. The second kappa shape index (κ2) is 5.79. The molecule has 0 saturated carbocycles. The molecule has 0 aliphatic carbocycles. The van der Waals surface area contributed by atoms with Crippen LogP contribution in [-0.4, -0.2) is 21.5 Å². The van der Waals surface area contributed by atoms with Gasteiger partial charge in [0.05, 0.1) is 11.9 Å². The summed E-state index contributed by atoms with van der Waals surface area (Å²) in [5, 5.41) is 6.31. The Balaban J connectivity index is 2.06. The van der Waals surface area contributed by atoms with Crippen molar-refractivity contribution < 1.29 is 0 Å². The minimum absolute atomic E-state index is 0.569. The lowest BCUT2D eigenvalue weighted by Crippen LogP contribution is -2.04. The highest BCUT2D eigenvalue weighted by Gasteiger charge is 1.99. The third kappa shape index (κ3) is 3.41. The number of anilines is 3. The Morgan fingerprint density at radius 3 is 2.94 bits per heavy atom. The Hall–Kier alpha value is -2.17. The van der Waals surface area contributed by atoms with E-state index in [1.165, 1.54) is 0 Å². The van der Waals surface area contributed by atoms with Gasteiger partial charge in [0, 0.05) is 18.9 Å². The van der Waals surface area contributed by atoms with E-state index in [-0.39, 0.29) is 0 Å². The van der Waals surface area contributed by atoms with Gasteiger partial charge in [0.1, 0.15) is 5.82 Å². The standard InChI is InChI=1S/C12H15N5/c1-2-6-14-11-5-8-15-12(17-11)16-10-4-3-7-13-9-10/h3-5,7-9H,2,6H2,1H3,(H2,14,15,16,17). The van der Waals surface area contributed by atoms with Crippen LogP contribution in [0.15, 0.2) is 36.8 Å². The first-order chi connectivity index (χ1) is 8.38. The first kappa shape index (κ1) is 11.3. The molecule has 0 radical (unpaired) electrons. The molecule has 2 N–H and O–H groups in total.